The fraction of sp³-hybridized carbons (Fsp3) is 0. The molecule has 0 saturated carbocycles. The normalized spacial score (nSPS) is 10.3. The largest absolute Gasteiger partial charge is 0.507 e. The fourth-order valence-corrected chi connectivity index (χ4v) is 2.77. The number of carbonyl (C=O) groups is 2. The highest BCUT2D eigenvalue weighted by Crippen LogP contribution is 2.23. The molecule has 0 aliphatic carbocycles. The predicted molar refractivity (Wildman–Crippen MR) is 107 cm³/mol. The van der Waals surface area contributed by atoms with Crippen molar-refractivity contribution in [2.45, 2.75) is 0 Å². The molecule has 136 valence electrons. The zero-order chi connectivity index (χ0) is 19.4. The smallest absolute Gasteiger partial charge is 0.259 e. The minimum Gasteiger partial charge on any atom is -0.507 e. The van der Waals surface area contributed by atoms with Crippen molar-refractivity contribution in [1.29, 1.82) is 0 Å². The quantitative estimate of drug-likeness (QED) is 0.562. The van der Waals surface area contributed by atoms with Gasteiger partial charge in [-0.15, -0.1) is 0 Å². The summed E-state index contributed by atoms with van der Waals surface area (Å²) in [6.45, 7) is 0. The Balaban J connectivity index is 1.81. The number of amides is 2. The van der Waals surface area contributed by atoms with Crippen LogP contribution < -0.4 is 10.6 Å². The molecule has 3 rings (SSSR count). The molecule has 0 fully saturated rings. The minimum atomic E-state index is -0.563. The van der Waals surface area contributed by atoms with E-state index >= 15 is 0 Å². The van der Waals surface area contributed by atoms with E-state index in [0.717, 1.165) is 0 Å². The lowest BCUT2D eigenvalue weighted by Crippen LogP contribution is -2.15. The molecule has 0 radical (unpaired) electrons. The molecule has 3 aromatic carbocycles. The Bertz CT molecular complexity index is 1020. The van der Waals surface area contributed by atoms with Crippen molar-refractivity contribution in [1.82, 2.24) is 0 Å². The average molecular weight is 401 g/mol. The summed E-state index contributed by atoms with van der Waals surface area (Å²) in [7, 11) is 0. The maximum atomic E-state index is 12.5. The van der Waals surface area contributed by atoms with Gasteiger partial charge in [-0.2, -0.15) is 0 Å². The number of aromatic hydroxyl groups is 1. The van der Waals surface area contributed by atoms with Gasteiger partial charge in [0.2, 0.25) is 0 Å². The monoisotopic (exact) mass is 400 g/mol. The molecule has 3 aromatic rings. The highest BCUT2D eigenvalue weighted by molar-refractivity contribution is 6.31. The molecule has 2 amide bonds. The lowest BCUT2D eigenvalue weighted by atomic mass is 10.1. The van der Waals surface area contributed by atoms with Crippen LogP contribution in [-0.2, 0) is 0 Å². The van der Waals surface area contributed by atoms with E-state index in [-0.39, 0.29) is 16.9 Å². The first kappa shape index (κ1) is 18.8. The van der Waals surface area contributed by atoms with E-state index in [1.165, 1.54) is 18.2 Å². The maximum Gasteiger partial charge on any atom is 0.259 e. The standard InChI is InChI=1S/C20H14Cl2N2O3/c21-13-3-1-5-15(10-13)23-19(26)12-7-8-18(25)17(9-12)20(27)24-16-6-2-4-14(22)11-16/h1-11,25H,(H,23,26)(H,24,27). The molecule has 0 heterocycles. The van der Waals surface area contributed by atoms with E-state index < -0.39 is 11.8 Å². The highest BCUT2D eigenvalue weighted by Gasteiger charge is 2.16. The lowest BCUT2D eigenvalue weighted by Gasteiger charge is -2.10. The van der Waals surface area contributed by atoms with Crippen LogP contribution in [0.3, 0.4) is 0 Å². The summed E-state index contributed by atoms with van der Waals surface area (Å²) in [4.78, 5) is 24.9. The summed E-state index contributed by atoms with van der Waals surface area (Å²) in [5, 5.41) is 16.3. The first-order chi connectivity index (χ1) is 12.9. The molecule has 7 heteroatoms. The summed E-state index contributed by atoms with van der Waals surface area (Å²) in [5.74, 6) is -1.24. The molecule has 0 aliphatic heterocycles. The van der Waals surface area contributed by atoms with Crippen LogP contribution in [0.1, 0.15) is 20.7 Å². The van der Waals surface area contributed by atoms with Crippen LogP contribution in [0.4, 0.5) is 11.4 Å². The Morgan fingerprint density at radius 1 is 0.741 bits per heavy atom. The van der Waals surface area contributed by atoms with Gasteiger partial charge in [0, 0.05) is 27.0 Å². The van der Waals surface area contributed by atoms with Gasteiger partial charge < -0.3 is 15.7 Å². The van der Waals surface area contributed by atoms with Crippen molar-refractivity contribution < 1.29 is 14.7 Å². The number of phenolic OH excluding ortho intramolecular Hbond substituents is 1. The molecule has 0 unspecified atom stereocenters. The second-order valence-corrected chi connectivity index (χ2v) is 6.53. The number of benzene rings is 3. The van der Waals surface area contributed by atoms with Crippen LogP contribution in [0.25, 0.3) is 0 Å². The molecule has 27 heavy (non-hydrogen) atoms. The van der Waals surface area contributed by atoms with E-state index in [9.17, 15) is 14.7 Å². The zero-order valence-corrected chi connectivity index (χ0v) is 15.4. The van der Waals surface area contributed by atoms with Gasteiger partial charge in [0.05, 0.1) is 5.56 Å². The molecule has 3 N–H and O–H groups in total. The van der Waals surface area contributed by atoms with Crippen LogP contribution in [-0.4, -0.2) is 16.9 Å². The van der Waals surface area contributed by atoms with Gasteiger partial charge in [0.25, 0.3) is 11.8 Å². The summed E-state index contributed by atoms with van der Waals surface area (Å²) in [5.41, 5.74) is 1.17. The molecular weight excluding hydrogens is 387 g/mol. The first-order valence-corrected chi connectivity index (χ1v) is 8.65. The molecule has 0 aliphatic rings. The minimum absolute atomic E-state index is 0.0336. The number of halogens is 2. The third-order valence-corrected chi connectivity index (χ3v) is 4.14. The van der Waals surface area contributed by atoms with Crippen molar-refractivity contribution >= 4 is 46.4 Å². The van der Waals surface area contributed by atoms with E-state index in [4.69, 9.17) is 23.2 Å². The predicted octanol–water partition coefficient (Wildman–Crippen LogP) is 5.20. The maximum absolute atomic E-state index is 12.5. The lowest BCUT2D eigenvalue weighted by molar-refractivity contribution is 0.102. The van der Waals surface area contributed by atoms with Gasteiger partial charge in [0.1, 0.15) is 5.75 Å². The van der Waals surface area contributed by atoms with Gasteiger partial charge in [0.15, 0.2) is 0 Å². The second-order valence-electron chi connectivity index (χ2n) is 5.66. The van der Waals surface area contributed by atoms with E-state index in [2.05, 4.69) is 10.6 Å². The highest BCUT2D eigenvalue weighted by atomic mass is 35.5. The summed E-state index contributed by atoms with van der Waals surface area (Å²) in [6, 6.07) is 17.3. The Morgan fingerprint density at radius 2 is 1.30 bits per heavy atom. The molecule has 0 saturated heterocycles. The fourth-order valence-electron chi connectivity index (χ4n) is 2.39. The molecule has 0 spiro atoms. The third-order valence-electron chi connectivity index (χ3n) is 3.67. The number of hydrogen-bond donors (Lipinski definition) is 3. The van der Waals surface area contributed by atoms with E-state index in [1.54, 1.807) is 48.5 Å². The van der Waals surface area contributed by atoms with Crippen LogP contribution in [0.2, 0.25) is 10.0 Å². The number of hydrogen-bond acceptors (Lipinski definition) is 3. The van der Waals surface area contributed by atoms with Crippen molar-refractivity contribution in [2.24, 2.45) is 0 Å². The van der Waals surface area contributed by atoms with Gasteiger partial charge >= 0.3 is 0 Å². The number of nitrogens with one attached hydrogen (secondary N) is 2. The van der Waals surface area contributed by atoms with E-state index in [0.29, 0.717) is 21.4 Å². The SMILES string of the molecule is O=C(Nc1cccc(Cl)c1)c1ccc(O)c(C(=O)Nc2cccc(Cl)c2)c1. The van der Waals surface area contributed by atoms with Crippen LogP contribution in [0.5, 0.6) is 5.75 Å². The van der Waals surface area contributed by atoms with Crippen molar-refractivity contribution in [2.75, 3.05) is 10.6 Å². The Hall–Kier alpha value is -3.02. The average Bonchev–Trinajstić information content (AvgIpc) is 2.62. The van der Waals surface area contributed by atoms with Gasteiger partial charge in [-0.25, -0.2) is 0 Å². The Kier molecular flexibility index (Phi) is 5.64. The Morgan fingerprint density at radius 3 is 1.85 bits per heavy atom. The summed E-state index contributed by atoms with van der Waals surface area (Å²) in [6.07, 6.45) is 0. The van der Waals surface area contributed by atoms with Gasteiger partial charge in [-0.3, -0.25) is 9.59 Å². The van der Waals surface area contributed by atoms with Crippen LogP contribution >= 0.6 is 23.2 Å². The van der Waals surface area contributed by atoms with Crippen molar-refractivity contribution in [3.8, 4) is 5.75 Å². The number of carbonyl (C=O) groups excluding carboxylic acids is 2. The number of rotatable bonds is 4. The summed E-state index contributed by atoms with van der Waals surface area (Å²) < 4.78 is 0. The molecular formula is C20H14Cl2N2O3. The molecule has 5 nitrogen and oxygen atoms in total. The van der Waals surface area contributed by atoms with Crippen molar-refractivity contribution in [3.05, 3.63) is 87.9 Å². The van der Waals surface area contributed by atoms with Crippen molar-refractivity contribution in [3.63, 3.8) is 0 Å². The zero-order valence-electron chi connectivity index (χ0n) is 13.9. The first-order valence-electron chi connectivity index (χ1n) is 7.89. The van der Waals surface area contributed by atoms with Gasteiger partial charge in [-0.05, 0) is 54.6 Å². The topological polar surface area (TPSA) is 78.4 Å². The summed E-state index contributed by atoms with van der Waals surface area (Å²) >= 11 is 11.8. The van der Waals surface area contributed by atoms with Crippen LogP contribution in [0, 0.1) is 0 Å². The van der Waals surface area contributed by atoms with Gasteiger partial charge in [-0.1, -0.05) is 35.3 Å². The van der Waals surface area contributed by atoms with Crippen LogP contribution in [0.15, 0.2) is 66.7 Å². The second kappa shape index (κ2) is 8.12. The Labute approximate surface area is 165 Å². The van der Waals surface area contributed by atoms with E-state index in [1.807, 2.05) is 0 Å². The number of anilines is 2. The number of phenols is 1. The molecule has 0 atom stereocenters. The molecule has 0 aromatic heterocycles. The molecule has 0 bridgehead atoms. The third kappa shape index (κ3) is 4.78.